The molecule has 2 amide bonds. The molecule has 0 aliphatic carbocycles. The number of amides is 2. The van der Waals surface area contributed by atoms with Crippen molar-refractivity contribution in [2.75, 3.05) is 16.8 Å². The van der Waals surface area contributed by atoms with E-state index in [0.29, 0.717) is 17.8 Å². The molecule has 1 atom stereocenters. The van der Waals surface area contributed by atoms with Gasteiger partial charge in [-0.3, -0.25) is 9.59 Å². The first-order valence-electron chi connectivity index (χ1n) is 9.59. The molecule has 2 aromatic rings. The van der Waals surface area contributed by atoms with Gasteiger partial charge in [-0.15, -0.1) is 0 Å². The summed E-state index contributed by atoms with van der Waals surface area (Å²) in [5.74, 6) is -1.20. The molecule has 1 unspecified atom stereocenters. The van der Waals surface area contributed by atoms with Gasteiger partial charge in [0.05, 0.1) is 16.5 Å². The minimum absolute atomic E-state index is 0.0147. The molecule has 2 aromatic carbocycles. The molecule has 4 nitrogen and oxygen atoms in total. The third-order valence-electron chi connectivity index (χ3n) is 5.45. The number of nitrogens with zero attached hydrogens (tertiary/aromatic N) is 1. The van der Waals surface area contributed by atoms with Crippen LogP contribution in [0.3, 0.4) is 0 Å². The molecule has 0 bridgehead atoms. The Balaban J connectivity index is 1.91. The van der Waals surface area contributed by atoms with E-state index in [1.807, 2.05) is 6.07 Å². The Bertz CT molecular complexity index is 1020. The summed E-state index contributed by atoms with van der Waals surface area (Å²) in [5.41, 5.74) is -2.83. The lowest BCUT2D eigenvalue weighted by Crippen LogP contribution is -2.37. The Morgan fingerprint density at radius 1 is 0.969 bits per heavy atom. The van der Waals surface area contributed by atoms with Crippen LogP contribution in [-0.2, 0) is 21.9 Å². The highest BCUT2D eigenvalue weighted by molar-refractivity contribution is 6.06. The summed E-state index contributed by atoms with van der Waals surface area (Å²) in [4.78, 5) is 27.0. The second-order valence-corrected chi connectivity index (χ2v) is 8.21. The van der Waals surface area contributed by atoms with Gasteiger partial charge in [-0.25, -0.2) is 0 Å². The largest absolute Gasteiger partial charge is 0.416 e. The van der Waals surface area contributed by atoms with E-state index in [0.717, 1.165) is 11.1 Å². The van der Waals surface area contributed by atoms with E-state index in [9.17, 15) is 35.9 Å². The standard InChI is InChI=1S/C22H20F6N2O2/c1-12-5-4-6-13(2)18(12)30-11-20(3,10-17(30)31)19(32)29-16-8-14(21(23,24)25)7-15(9-16)22(26,27)28/h4-9H,10-11H2,1-3H3,(H,29,32). The summed E-state index contributed by atoms with van der Waals surface area (Å²) in [6, 6.07) is 6.28. The van der Waals surface area contributed by atoms with Crippen LogP contribution in [0.15, 0.2) is 36.4 Å². The van der Waals surface area contributed by atoms with Crippen molar-refractivity contribution in [3.05, 3.63) is 58.7 Å². The van der Waals surface area contributed by atoms with Crippen LogP contribution < -0.4 is 10.2 Å². The maximum absolute atomic E-state index is 13.1. The number of rotatable bonds is 3. The van der Waals surface area contributed by atoms with Crippen LogP contribution in [0.25, 0.3) is 0 Å². The molecule has 0 radical (unpaired) electrons. The Kier molecular flexibility index (Phi) is 5.78. The van der Waals surface area contributed by atoms with Gasteiger partial charge in [0, 0.05) is 24.3 Å². The number of aryl methyl sites for hydroxylation is 2. The SMILES string of the molecule is Cc1cccc(C)c1N1CC(C)(C(=O)Nc2cc(C(F)(F)F)cc(C(F)(F)F)c2)CC1=O. The molecular formula is C22H20F6N2O2. The number of alkyl halides is 6. The predicted molar refractivity (Wildman–Crippen MR) is 106 cm³/mol. The van der Waals surface area contributed by atoms with Crippen molar-refractivity contribution in [3.63, 3.8) is 0 Å². The molecule has 172 valence electrons. The van der Waals surface area contributed by atoms with Crippen molar-refractivity contribution in [2.24, 2.45) is 5.41 Å². The fraction of sp³-hybridized carbons (Fsp3) is 0.364. The molecule has 1 heterocycles. The lowest BCUT2D eigenvalue weighted by Gasteiger charge is -2.25. The summed E-state index contributed by atoms with van der Waals surface area (Å²) < 4.78 is 78.5. The zero-order chi connectivity index (χ0) is 24.1. The van der Waals surface area contributed by atoms with Gasteiger partial charge in [-0.2, -0.15) is 26.3 Å². The molecule has 1 saturated heterocycles. The number of benzene rings is 2. The van der Waals surface area contributed by atoms with Crippen molar-refractivity contribution in [1.29, 1.82) is 0 Å². The second-order valence-electron chi connectivity index (χ2n) is 8.21. The third-order valence-corrected chi connectivity index (χ3v) is 5.45. The zero-order valence-corrected chi connectivity index (χ0v) is 17.4. The first-order valence-corrected chi connectivity index (χ1v) is 9.59. The van der Waals surface area contributed by atoms with Crippen molar-refractivity contribution >= 4 is 23.2 Å². The minimum Gasteiger partial charge on any atom is -0.326 e. The van der Waals surface area contributed by atoms with Gasteiger partial charge >= 0.3 is 12.4 Å². The fourth-order valence-electron chi connectivity index (χ4n) is 3.82. The van der Waals surface area contributed by atoms with Crippen LogP contribution in [0.5, 0.6) is 0 Å². The van der Waals surface area contributed by atoms with E-state index in [1.165, 1.54) is 11.8 Å². The van der Waals surface area contributed by atoms with Crippen LogP contribution >= 0.6 is 0 Å². The number of nitrogens with one attached hydrogen (secondary N) is 1. The van der Waals surface area contributed by atoms with Crippen LogP contribution in [-0.4, -0.2) is 18.4 Å². The van der Waals surface area contributed by atoms with Gasteiger partial charge in [-0.1, -0.05) is 18.2 Å². The van der Waals surface area contributed by atoms with Crippen molar-refractivity contribution in [1.82, 2.24) is 0 Å². The molecule has 1 aliphatic rings. The molecule has 3 rings (SSSR count). The maximum atomic E-state index is 13.1. The highest BCUT2D eigenvalue weighted by atomic mass is 19.4. The van der Waals surface area contributed by atoms with Gasteiger partial charge in [0.2, 0.25) is 11.8 Å². The second kappa shape index (κ2) is 7.83. The number of carbonyl (C=O) groups is 2. The van der Waals surface area contributed by atoms with Gasteiger partial charge in [0.25, 0.3) is 0 Å². The Morgan fingerprint density at radius 3 is 1.94 bits per heavy atom. The molecular weight excluding hydrogens is 438 g/mol. The lowest BCUT2D eigenvalue weighted by molar-refractivity contribution is -0.143. The monoisotopic (exact) mass is 458 g/mol. The molecule has 1 aliphatic heterocycles. The average molecular weight is 458 g/mol. The van der Waals surface area contributed by atoms with E-state index in [4.69, 9.17) is 0 Å². The number of hydrogen-bond acceptors (Lipinski definition) is 2. The molecule has 0 saturated carbocycles. The van der Waals surface area contributed by atoms with Crippen molar-refractivity contribution < 1.29 is 35.9 Å². The number of hydrogen-bond donors (Lipinski definition) is 1. The summed E-state index contributed by atoms with van der Waals surface area (Å²) >= 11 is 0. The third kappa shape index (κ3) is 4.58. The van der Waals surface area contributed by atoms with Crippen molar-refractivity contribution in [2.45, 2.75) is 39.5 Å². The average Bonchev–Trinajstić information content (AvgIpc) is 2.95. The van der Waals surface area contributed by atoms with Gasteiger partial charge < -0.3 is 10.2 Å². The number of halogens is 6. The van der Waals surface area contributed by atoms with Crippen LogP contribution in [0, 0.1) is 19.3 Å². The molecule has 1 N–H and O–H groups in total. The first-order chi connectivity index (χ1) is 14.6. The predicted octanol–water partition coefficient (Wildman–Crippen LogP) is 5.72. The highest BCUT2D eigenvalue weighted by Gasteiger charge is 2.46. The van der Waals surface area contributed by atoms with E-state index in [1.54, 1.807) is 26.0 Å². The fourth-order valence-corrected chi connectivity index (χ4v) is 3.82. The summed E-state index contributed by atoms with van der Waals surface area (Å²) in [5, 5.41) is 2.15. The van der Waals surface area contributed by atoms with E-state index >= 15 is 0 Å². The molecule has 10 heteroatoms. The lowest BCUT2D eigenvalue weighted by atomic mass is 9.88. The summed E-state index contributed by atoms with van der Waals surface area (Å²) in [6.45, 7) is 4.99. The highest BCUT2D eigenvalue weighted by Crippen LogP contribution is 2.40. The van der Waals surface area contributed by atoms with Crippen LogP contribution in [0.4, 0.5) is 37.7 Å². The van der Waals surface area contributed by atoms with Gasteiger partial charge in [-0.05, 0) is 50.1 Å². The van der Waals surface area contributed by atoms with Crippen molar-refractivity contribution in [3.8, 4) is 0 Å². The number of anilines is 2. The maximum Gasteiger partial charge on any atom is 0.416 e. The van der Waals surface area contributed by atoms with Gasteiger partial charge in [0.15, 0.2) is 0 Å². The number of para-hydroxylation sites is 1. The van der Waals surface area contributed by atoms with E-state index < -0.39 is 40.5 Å². The molecule has 32 heavy (non-hydrogen) atoms. The Labute approximate surface area is 180 Å². The normalized spacial score (nSPS) is 19.4. The van der Waals surface area contributed by atoms with Crippen LogP contribution in [0.2, 0.25) is 0 Å². The van der Waals surface area contributed by atoms with E-state index in [2.05, 4.69) is 5.32 Å². The summed E-state index contributed by atoms with van der Waals surface area (Å²) in [7, 11) is 0. The Morgan fingerprint density at radius 2 is 1.47 bits per heavy atom. The topological polar surface area (TPSA) is 49.4 Å². The quantitative estimate of drug-likeness (QED) is 0.598. The molecule has 0 spiro atoms. The number of carbonyl (C=O) groups excluding carboxylic acids is 2. The Hall–Kier alpha value is -3.04. The molecule has 1 fully saturated rings. The summed E-state index contributed by atoms with van der Waals surface area (Å²) in [6.07, 6.45) is -10.3. The first kappa shape index (κ1) is 23.6. The smallest absolute Gasteiger partial charge is 0.326 e. The zero-order valence-electron chi connectivity index (χ0n) is 17.4. The van der Waals surface area contributed by atoms with E-state index in [-0.39, 0.29) is 24.9 Å². The molecule has 0 aromatic heterocycles. The van der Waals surface area contributed by atoms with Crippen LogP contribution in [0.1, 0.15) is 35.6 Å². The van der Waals surface area contributed by atoms with Gasteiger partial charge in [0.1, 0.15) is 0 Å². The minimum atomic E-state index is -5.03.